The van der Waals surface area contributed by atoms with Crippen LogP contribution in [0, 0.1) is 11.7 Å². The van der Waals surface area contributed by atoms with Crippen LogP contribution in [0.2, 0.25) is 0 Å². The summed E-state index contributed by atoms with van der Waals surface area (Å²) < 4.78 is 13.2. The molecule has 0 spiro atoms. The van der Waals surface area contributed by atoms with E-state index < -0.39 is 16.5 Å². The number of rotatable bonds is 3. The van der Waals surface area contributed by atoms with Crippen LogP contribution in [0.25, 0.3) is 0 Å². The SMILES string of the molecule is CC(C)C(C)(C(=O)Cl)c1cc(F)ccc1N. The van der Waals surface area contributed by atoms with Gasteiger partial charge in [0, 0.05) is 5.69 Å². The van der Waals surface area contributed by atoms with Gasteiger partial charge in [-0.3, -0.25) is 4.79 Å². The summed E-state index contributed by atoms with van der Waals surface area (Å²) in [5.41, 5.74) is 5.64. The molecule has 0 bridgehead atoms. The minimum atomic E-state index is -0.965. The van der Waals surface area contributed by atoms with Crippen LogP contribution in [0.5, 0.6) is 0 Å². The fourth-order valence-electron chi connectivity index (χ4n) is 1.62. The Morgan fingerprint density at radius 2 is 2.06 bits per heavy atom. The van der Waals surface area contributed by atoms with Crippen molar-refractivity contribution in [3.05, 3.63) is 29.6 Å². The minimum absolute atomic E-state index is 0.0680. The minimum Gasteiger partial charge on any atom is -0.398 e. The maximum atomic E-state index is 13.2. The molecule has 2 nitrogen and oxygen atoms in total. The second-order valence-electron chi connectivity index (χ2n) is 4.36. The standard InChI is InChI=1S/C12H15ClFNO/c1-7(2)12(3,11(13)16)9-6-8(14)4-5-10(9)15/h4-7H,15H2,1-3H3. The summed E-state index contributed by atoms with van der Waals surface area (Å²) in [5, 5.41) is -0.528. The zero-order chi connectivity index (χ0) is 12.5. The number of anilines is 1. The predicted molar refractivity (Wildman–Crippen MR) is 63.9 cm³/mol. The number of halogens is 2. The number of nitrogens with two attached hydrogens (primary N) is 1. The molecule has 0 heterocycles. The smallest absolute Gasteiger partial charge is 0.232 e. The van der Waals surface area contributed by atoms with E-state index in [-0.39, 0.29) is 5.92 Å². The van der Waals surface area contributed by atoms with Crippen LogP contribution in [0.3, 0.4) is 0 Å². The normalized spacial score (nSPS) is 14.9. The molecule has 0 saturated carbocycles. The molecule has 0 radical (unpaired) electrons. The number of benzene rings is 1. The van der Waals surface area contributed by atoms with Gasteiger partial charge < -0.3 is 5.73 Å². The van der Waals surface area contributed by atoms with E-state index in [0.29, 0.717) is 11.3 Å². The Hall–Kier alpha value is -1.09. The molecule has 2 N–H and O–H groups in total. The van der Waals surface area contributed by atoms with Crippen molar-refractivity contribution in [2.75, 3.05) is 5.73 Å². The third-order valence-electron chi connectivity index (χ3n) is 3.14. The van der Waals surface area contributed by atoms with Crippen molar-refractivity contribution in [3.8, 4) is 0 Å². The summed E-state index contributed by atoms with van der Waals surface area (Å²) in [6, 6.07) is 3.99. The Morgan fingerprint density at radius 1 is 1.50 bits per heavy atom. The monoisotopic (exact) mass is 243 g/mol. The van der Waals surface area contributed by atoms with Crippen molar-refractivity contribution in [2.45, 2.75) is 26.2 Å². The lowest BCUT2D eigenvalue weighted by Gasteiger charge is -2.31. The first-order chi connectivity index (χ1) is 7.30. The van der Waals surface area contributed by atoms with Gasteiger partial charge in [-0.05, 0) is 48.2 Å². The number of hydrogen-bond donors (Lipinski definition) is 1. The van der Waals surface area contributed by atoms with Crippen LogP contribution >= 0.6 is 11.6 Å². The molecule has 0 aliphatic heterocycles. The van der Waals surface area contributed by atoms with Gasteiger partial charge in [0.1, 0.15) is 5.82 Å². The van der Waals surface area contributed by atoms with E-state index >= 15 is 0 Å². The van der Waals surface area contributed by atoms with Crippen molar-refractivity contribution >= 4 is 22.5 Å². The largest absolute Gasteiger partial charge is 0.398 e. The third-order valence-corrected chi connectivity index (χ3v) is 3.53. The lowest BCUT2D eigenvalue weighted by atomic mass is 9.73. The average molecular weight is 244 g/mol. The summed E-state index contributed by atoms with van der Waals surface area (Å²) in [6.45, 7) is 5.38. The van der Waals surface area contributed by atoms with Crippen LogP contribution in [0.4, 0.5) is 10.1 Å². The van der Waals surface area contributed by atoms with Crippen molar-refractivity contribution < 1.29 is 9.18 Å². The Morgan fingerprint density at radius 3 is 2.50 bits per heavy atom. The van der Waals surface area contributed by atoms with E-state index in [4.69, 9.17) is 17.3 Å². The number of hydrogen-bond acceptors (Lipinski definition) is 2. The summed E-state index contributed by atoms with van der Waals surface area (Å²) >= 11 is 5.62. The highest BCUT2D eigenvalue weighted by atomic mass is 35.5. The van der Waals surface area contributed by atoms with Crippen molar-refractivity contribution in [2.24, 2.45) is 5.92 Å². The number of nitrogen functional groups attached to an aromatic ring is 1. The average Bonchev–Trinajstić information content (AvgIpc) is 2.19. The van der Waals surface area contributed by atoms with Gasteiger partial charge in [0.25, 0.3) is 0 Å². The van der Waals surface area contributed by atoms with Gasteiger partial charge in [0.2, 0.25) is 5.24 Å². The summed E-state index contributed by atoms with van der Waals surface area (Å²) in [6.07, 6.45) is 0. The highest BCUT2D eigenvalue weighted by molar-refractivity contribution is 6.65. The van der Waals surface area contributed by atoms with Gasteiger partial charge in [-0.1, -0.05) is 13.8 Å². The molecular weight excluding hydrogens is 229 g/mol. The summed E-state index contributed by atoms with van der Waals surface area (Å²) in [4.78, 5) is 11.6. The molecule has 0 fully saturated rings. The fraction of sp³-hybridized carbons (Fsp3) is 0.417. The van der Waals surface area contributed by atoms with Crippen LogP contribution in [-0.4, -0.2) is 5.24 Å². The van der Waals surface area contributed by atoms with E-state index in [1.807, 2.05) is 13.8 Å². The molecule has 0 aromatic heterocycles. The van der Waals surface area contributed by atoms with Crippen LogP contribution < -0.4 is 5.73 Å². The first-order valence-corrected chi connectivity index (χ1v) is 5.43. The maximum absolute atomic E-state index is 13.2. The number of carbonyl (C=O) groups is 1. The number of carbonyl (C=O) groups excluding carboxylic acids is 1. The van der Waals surface area contributed by atoms with Gasteiger partial charge in [0.05, 0.1) is 5.41 Å². The molecular formula is C12H15ClFNO. The Bertz CT molecular complexity index is 419. The van der Waals surface area contributed by atoms with Gasteiger partial charge >= 0.3 is 0 Å². The Kier molecular flexibility index (Phi) is 3.58. The quantitative estimate of drug-likeness (QED) is 0.655. The van der Waals surface area contributed by atoms with E-state index in [9.17, 15) is 9.18 Å². The van der Waals surface area contributed by atoms with Crippen LogP contribution in [0.1, 0.15) is 26.3 Å². The molecule has 1 aromatic carbocycles. The van der Waals surface area contributed by atoms with Gasteiger partial charge in [-0.25, -0.2) is 4.39 Å². The predicted octanol–water partition coefficient (Wildman–Crippen LogP) is 3.09. The molecule has 4 heteroatoms. The highest BCUT2D eigenvalue weighted by Crippen LogP contribution is 2.37. The van der Waals surface area contributed by atoms with E-state index in [1.54, 1.807) is 6.92 Å². The molecule has 1 atom stereocenters. The zero-order valence-electron chi connectivity index (χ0n) is 9.55. The second kappa shape index (κ2) is 4.42. The molecule has 1 aromatic rings. The first-order valence-electron chi connectivity index (χ1n) is 5.05. The Labute approximate surface area is 99.6 Å². The van der Waals surface area contributed by atoms with E-state index in [1.165, 1.54) is 18.2 Å². The Balaban J connectivity index is 3.43. The fourth-order valence-corrected chi connectivity index (χ4v) is 1.94. The van der Waals surface area contributed by atoms with E-state index in [0.717, 1.165) is 0 Å². The van der Waals surface area contributed by atoms with Crippen LogP contribution in [0.15, 0.2) is 18.2 Å². The lowest BCUT2D eigenvalue weighted by molar-refractivity contribution is -0.117. The molecule has 1 unspecified atom stereocenters. The summed E-state index contributed by atoms with van der Waals surface area (Å²) in [7, 11) is 0. The highest BCUT2D eigenvalue weighted by Gasteiger charge is 2.38. The first kappa shape index (κ1) is 13.0. The zero-order valence-corrected chi connectivity index (χ0v) is 10.3. The van der Waals surface area contributed by atoms with Crippen molar-refractivity contribution in [1.82, 2.24) is 0 Å². The van der Waals surface area contributed by atoms with Crippen molar-refractivity contribution in [1.29, 1.82) is 0 Å². The molecule has 1 rings (SSSR count). The lowest BCUT2D eigenvalue weighted by Crippen LogP contribution is -2.35. The molecule has 0 amide bonds. The molecule has 0 aliphatic rings. The van der Waals surface area contributed by atoms with Crippen molar-refractivity contribution in [3.63, 3.8) is 0 Å². The molecule has 0 aliphatic carbocycles. The van der Waals surface area contributed by atoms with Gasteiger partial charge in [-0.2, -0.15) is 0 Å². The van der Waals surface area contributed by atoms with E-state index in [2.05, 4.69) is 0 Å². The van der Waals surface area contributed by atoms with Gasteiger partial charge in [0.15, 0.2) is 0 Å². The molecule has 0 saturated heterocycles. The maximum Gasteiger partial charge on any atom is 0.232 e. The second-order valence-corrected chi connectivity index (χ2v) is 4.71. The molecule has 88 valence electrons. The molecule has 16 heavy (non-hydrogen) atoms. The van der Waals surface area contributed by atoms with Gasteiger partial charge in [-0.15, -0.1) is 0 Å². The summed E-state index contributed by atoms with van der Waals surface area (Å²) in [5.74, 6) is -0.490. The topological polar surface area (TPSA) is 43.1 Å². The third kappa shape index (κ3) is 2.05. The van der Waals surface area contributed by atoms with Crippen LogP contribution in [-0.2, 0) is 10.2 Å².